The summed E-state index contributed by atoms with van der Waals surface area (Å²) in [6.45, 7) is 23.7. The number of hydrogen-bond donors (Lipinski definition) is 0. The van der Waals surface area contributed by atoms with Crippen molar-refractivity contribution in [3.05, 3.63) is 0 Å². The summed E-state index contributed by atoms with van der Waals surface area (Å²) in [5.74, 6) is -5.47. The molecule has 0 amide bonds. The summed E-state index contributed by atoms with van der Waals surface area (Å²) >= 11 is 0. The zero-order chi connectivity index (χ0) is 41.2. The molecule has 5 aliphatic rings. The van der Waals surface area contributed by atoms with Gasteiger partial charge in [0.15, 0.2) is 0 Å². The maximum absolute atomic E-state index is 12.9. The Morgan fingerprint density at radius 2 is 0.868 bits per heavy atom. The number of halogens is 9. The van der Waals surface area contributed by atoms with E-state index in [0.717, 1.165) is 57.8 Å². The molecule has 0 heterocycles. The van der Waals surface area contributed by atoms with Crippen molar-refractivity contribution in [3.8, 4) is 0 Å². The molecule has 0 aromatic rings. The first kappa shape index (κ1) is 50.4. The van der Waals surface area contributed by atoms with E-state index < -0.39 is 34.8 Å². The van der Waals surface area contributed by atoms with Gasteiger partial charge in [-0.2, -0.15) is 0 Å². The van der Waals surface area contributed by atoms with Crippen LogP contribution in [0.5, 0.6) is 0 Å². The van der Waals surface area contributed by atoms with Crippen molar-refractivity contribution in [2.24, 2.45) is 58.7 Å². The molecule has 2 atom stereocenters. The largest absolute Gasteiger partial charge is 0.251 e. The predicted octanol–water partition coefficient (Wildman–Crippen LogP) is 16.7. The first-order valence-electron chi connectivity index (χ1n) is 21.1. The van der Waals surface area contributed by atoms with Crippen LogP contribution in [0.25, 0.3) is 0 Å². The maximum atomic E-state index is 12.9. The average Bonchev–Trinajstić information content (AvgIpc) is 3.80. The van der Waals surface area contributed by atoms with Crippen molar-refractivity contribution >= 4 is 0 Å². The van der Waals surface area contributed by atoms with E-state index in [4.69, 9.17) is 0 Å². The Morgan fingerprint density at radius 3 is 1.13 bits per heavy atom. The molecule has 5 aliphatic carbocycles. The molecule has 0 spiro atoms. The van der Waals surface area contributed by atoms with E-state index in [9.17, 15) is 39.5 Å². The fourth-order valence-electron chi connectivity index (χ4n) is 8.74. The Morgan fingerprint density at radius 1 is 0.491 bits per heavy atom. The second-order valence-electron chi connectivity index (χ2n) is 20.4. The van der Waals surface area contributed by atoms with E-state index in [0.29, 0.717) is 61.2 Å². The Hall–Kier alpha value is -0.630. The van der Waals surface area contributed by atoms with E-state index in [1.807, 2.05) is 27.7 Å². The van der Waals surface area contributed by atoms with Crippen LogP contribution in [0.15, 0.2) is 0 Å². The summed E-state index contributed by atoms with van der Waals surface area (Å²) in [5, 5.41) is 0. The molecule has 5 rings (SSSR count). The molecule has 0 bridgehead atoms. The minimum atomic E-state index is -2.46. The molecule has 0 aromatic carbocycles. The van der Waals surface area contributed by atoms with Gasteiger partial charge in [-0.25, -0.2) is 39.5 Å². The fourth-order valence-corrected chi connectivity index (χ4v) is 8.74. The third-order valence-electron chi connectivity index (χ3n) is 11.5. The molecule has 2 unspecified atom stereocenters. The van der Waals surface area contributed by atoms with Gasteiger partial charge in [0.2, 0.25) is 11.8 Å². The Labute approximate surface area is 319 Å². The first-order chi connectivity index (χ1) is 23.9. The minimum absolute atomic E-state index is 0.115. The van der Waals surface area contributed by atoms with Crippen LogP contribution in [0.2, 0.25) is 0 Å². The number of alkyl halides is 9. The van der Waals surface area contributed by atoms with Crippen molar-refractivity contribution < 1.29 is 39.5 Å². The molecule has 5 fully saturated rings. The number of rotatable bonds is 11. The number of hydrogen-bond acceptors (Lipinski definition) is 0. The minimum Gasteiger partial charge on any atom is -0.244 e. The molecule has 0 radical (unpaired) electrons. The molecule has 5 saturated carbocycles. The molecule has 0 aromatic heterocycles. The first-order valence-corrected chi connectivity index (χ1v) is 21.1. The highest BCUT2D eigenvalue weighted by Crippen LogP contribution is 2.60. The highest BCUT2D eigenvalue weighted by atomic mass is 19.3. The van der Waals surface area contributed by atoms with E-state index in [2.05, 4.69) is 41.5 Å². The van der Waals surface area contributed by atoms with Crippen molar-refractivity contribution in [1.82, 2.24) is 0 Å². The summed E-state index contributed by atoms with van der Waals surface area (Å²) in [7, 11) is 0. The lowest BCUT2D eigenvalue weighted by molar-refractivity contribution is -0.0624. The standard InChI is InChI=1S/C10H18F2.2C9H16F2.C9H17F.C7H12F2/c1-8(2)7-9-3-5-10(11,12)6-4-9;1-7(2)6-9(4-5-9)8(3,10)11;1-7(2)5-8-3-4-9(10,11)6-8;1-7(2)4-8-5-9(3,10)6-8;1-5(2)3-6-4-7(6,8)9/h8-9H,3-7H2,1-2H3;7H,4-6H2,1-3H3;7-8H,3-6H2,1-2H3;7-8H,4-6H2,1-3H3;5-6H,3-4H2,1-2H3. The third-order valence-corrected chi connectivity index (χ3v) is 11.5. The second kappa shape index (κ2) is 20.7. The van der Waals surface area contributed by atoms with E-state index in [1.165, 1.54) is 6.42 Å². The van der Waals surface area contributed by atoms with E-state index in [1.54, 1.807) is 6.92 Å². The normalized spacial score (nSPS) is 29.2. The maximum Gasteiger partial charge on any atom is 0.251 e. The highest BCUT2D eigenvalue weighted by Gasteiger charge is 2.58. The molecule has 0 N–H and O–H groups in total. The van der Waals surface area contributed by atoms with Gasteiger partial charge in [-0.1, -0.05) is 69.2 Å². The zero-order valence-electron chi connectivity index (χ0n) is 35.6. The second-order valence-corrected chi connectivity index (χ2v) is 20.4. The van der Waals surface area contributed by atoms with Crippen LogP contribution < -0.4 is 0 Å². The summed E-state index contributed by atoms with van der Waals surface area (Å²) < 4.78 is 114. The van der Waals surface area contributed by atoms with Crippen molar-refractivity contribution in [2.75, 3.05) is 0 Å². The summed E-state index contributed by atoms with van der Waals surface area (Å²) in [6, 6.07) is 0. The lowest BCUT2D eigenvalue weighted by Gasteiger charge is -2.39. The van der Waals surface area contributed by atoms with Gasteiger partial charge in [0.25, 0.3) is 11.8 Å². The molecule has 318 valence electrons. The van der Waals surface area contributed by atoms with Gasteiger partial charge in [0.05, 0.1) is 0 Å². The van der Waals surface area contributed by atoms with Crippen molar-refractivity contribution in [1.29, 1.82) is 0 Å². The SMILES string of the molecule is CC(C)CC1(C(C)(F)F)CC1.CC(C)CC1CC(C)(F)C1.CC(C)CC1CC1(F)F.CC(C)CC1CCC(F)(F)C1.CC(C)CC1CCC(F)(F)CC1. The predicted molar refractivity (Wildman–Crippen MR) is 204 cm³/mol. The summed E-state index contributed by atoms with van der Waals surface area (Å²) in [6.07, 6.45) is 10.5. The van der Waals surface area contributed by atoms with Gasteiger partial charge in [-0.15, -0.1) is 0 Å². The molecule has 53 heavy (non-hydrogen) atoms. The lowest BCUT2D eigenvalue weighted by atomic mass is 9.70. The molecule has 0 nitrogen and oxygen atoms in total. The monoisotopic (exact) mass is 779 g/mol. The molecule has 0 saturated heterocycles. The molecule has 9 heteroatoms. The van der Waals surface area contributed by atoms with Gasteiger partial charge in [0, 0.05) is 43.4 Å². The van der Waals surface area contributed by atoms with Crippen LogP contribution in [0.3, 0.4) is 0 Å². The van der Waals surface area contributed by atoms with Crippen LogP contribution in [0, 0.1) is 58.7 Å². The zero-order valence-corrected chi connectivity index (χ0v) is 35.6. The summed E-state index contributed by atoms with van der Waals surface area (Å²) in [5.41, 5.74) is -1.44. The van der Waals surface area contributed by atoms with Crippen LogP contribution in [-0.4, -0.2) is 29.4 Å². The Balaban J connectivity index is 0.000000332. The van der Waals surface area contributed by atoms with Gasteiger partial charge in [-0.05, 0) is 138 Å². The van der Waals surface area contributed by atoms with Crippen molar-refractivity contribution in [3.63, 3.8) is 0 Å². The van der Waals surface area contributed by atoms with Gasteiger partial charge < -0.3 is 0 Å². The van der Waals surface area contributed by atoms with E-state index >= 15 is 0 Å². The summed E-state index contributed by atoms with van der Waals surface area (Å²) in [4.78, 5) is 0. The van der Waals surface area contributed by atoms with Gasteiger partial charge >= 0.3 is 0 Å². The highest BCUT2D eigenvalue weighted by molar-refractivity contribution is 5.01. The average molecular weight is 779 g/mol. The molecular formula is C44H79F9. The van der Waals surface area contributed by atoms with Crippen LogP contribution >= 0.6 is 0 Å². The Bertz CT molecular complexity index is 984. The smallest absolute Gasteiger partial charge is 0.244 e. The lowest BCUT2D eigenvalue weighted by Crippen LogP contribution is -2.37. The van der Waals surface area contributed by atoms with Crippen LogP contribution in [0.4, 0.5) is 39.5 Å². The van der Waals surface area contributed by atoms with Crippen LogP contribution in [-0.2, 0) is 0 Å². The molecular weight excluding hydrogens is 699 g/mol. The Kier molecular flexibility index (Phi) is 19.7. The van der Waals surface area contributed by atoms with Gasteiger partial charge in [-0.3, -0.25) is 0 Å². The molecule has 0 aliphatic heterocycles. The van der Waals surface area contributed by atoms with Crippen molar-refractivity contribution in [2.45, 2.75) is 222 Å². The van der Waals surface area contributed by atoms with E-state index in [-0.39, 0.29) is 43.9 Å². The topological polar surface area (TPSA) is 0 Å². The van der Waals surface area contributed by atoms with Gasteiger partial charge in [0.1, 0.15) is 5.67 Å². The quantitative estimate of drug-likeness (QED) is 0.183. The fraction of sp³-hybridized carbons (Fsp3) is 1.00. The van der Waals surface area contributed by atoms with Crippen LogP contribution in [0.1, 0.15) is 192 Å². The third kappa shape index (κ3) is 21.5.